The summed E-state index contributed by atoms with van der Waals surface area (Å²) in [7, 11) is 0. The van der Waals surface area contributed by atoms with Gasteiger partial charge in [-0.2, -0.15) is 0 Å². The standard InChI is InChI=1S/C13H26N4O/c1-2-4-12-11-17(13(18)15-12)8-3-7-16-9-5-14-6-10-16/h12,14H,2-11H2,1H3,(H,15,18). The molecule has 0 spiro atoms. The molecule has 0 saturated carbocycles. The lowest BCUT2D eigenvalue weighted by Crippen LogP contribution is -2.44. The van der Waals surface area contributed by atoms with Crippen LogP contribution in [0.15, 0.2) is 0 Å². The summed E-state index contributed by atoms with van der Waals surface area (Å²) in [6, 6.07) is 0.510. The molecule has 0 bridgehead atoms. The summed E-state index contributed by atoms with van der Waals surface area (Å²) in [5, 5.41) is 6.41. The van der Waals surface area contributed by atoms with Gasteiger partial charge in [0.15, 0.2) is 0 Å². The molecule has 5 heteroatoms. The Morgan fingerprint density at radius 1 is 1.28 bits per heavy atom. The summed E-state index contributed by atoms with van der Waals surface area (Å²) in [6.07, 6.45) is 3.33. The molecule has 1 unspecified atom stereocenters. The van der Waals surface area contributed by atoms with Gasteiger partial charge in [0.2, 0.25) is 0 Å². The highest BCUT2D eigenvalue weighted by molar-refractivity contribution is 5.76. The Kier molecular flexibility index (Phi) is 5.26. The Labute approximate surface area is 110 Å². The van der Waals surface area contributed by atoms with Gasteiger partial charge in [-0.15, -0.1) is 0 Å². The summed E-state index contributed by atoms with van der Waals surface area (Å²) in [6.45, 7) is 9.56. The van der Waals surface area contributed by atoms with E-state index in [1.165, 1.54) is 0 Å². The summed E-state index contributed by atoms with van der Waals surface area (Å²) in [4.78, 5) is 16.2. The molecule has 2 N–H and O–H groups in total. The van der Waals surface area contributed by atoms with E-state index < -0.39 is 0 Å². The molecule has 0 aromatic heterocycles. The lowest BCUT2D eigenvalue weighted by atomic mass is 10.2. The number of carbonyl (C=O) groups is 1. The fourth-order valence-electron chi connectivity index (χ4n) is 2.79. The number of urea groups is 1. The van der Waals surface area contributed by atoms with Crippen LogP contribution in [-0.4, -0.2) is 67.7 Å². The van der Waals surface area contributed by atoms with Gasteiger partial charge in [0, 0.05) is 45.3 Å². The third-order valence-electron chi connectivity index (χ3n) is 3.80. The van der Waals surface area contributed by atoms with Crippen molar-refractivity contribution in [2.45, 2.75) is 32.2 Å². The normalized spacial score (nSPS) is 25.5. The summed E-state index contributed by atoms with van der Waals surface area (Å²) in [5.74, 6) is 0. The zero-order valence-corrected chi connectivity index (χ0v) is 11.5. The van der Waals surface area contributed by atoms with Crippen LogP contribution in [0.4, 0.5) is 4.79 Å². The molecule has 0 aromatic carbocycles. The van der Waals surface area contributed by atoms with Crippen LogP contribution in [-0.2, 0) is 0 Å². The quantitative estimate of drug-likeness (QED) is 0.724. The van der Waals surface area contributed by atoms with Gasteiger partial charge >= 0.3 is 6.03 Å². The molecule has 2 aliphatic rings. The largest absolute Gasteiger partial charge is 0.333 e. The van der Waals surface area contributed by atoms with E-state index in [1.54, 1.807) is 0 Å². The van der Waals surface area contributed by atoms with Crippen LogP contribution in [0, 0.1) is 0 Å². The molecule has 2 saturated heterocycles. The van der Waals surface area contributed by atoms with Gasteiger partial charge in [0.25, 0.3) is 0 Å². The molecular weight excluding hydrogens is 228 g/mol. The van der Waals surface area contributed by atoms with E-state index in [9.17, 15) is 4.79 Å². The number of nitrogens with zero attached hydrogens (tertiary/aromatic N) is 2. The zero-order valence-electron chi connectivity index (χ0n) is 11.5. The summed E-state index contributed by atoms with van der Waals surface area (Å²) >= 11 is 0. The van der Waals surface area contributed by atoms with E-state index in [-0.39, 0.29) is 6.03 Å². The fourth-order valence-corrected chi connectivity index (χ4v) is 2.79. The smallest absolute Gasteiger partial charge is 0.317 e. The van der Waals surface area contributed by atoms with E-state index >= 15 is 0 Å². The van der Waals surface area contributed by atoms with Crippen molar-refractivity contribution in [1.29, 1.82) is 0 Å². The minimum Gasteiger partial charge on any atom is -0.333 e. The molecule has 104 valence electrons. The fraction of sp³-hybridized carbons (Fsp3) is 0.923. The monoisotopic (exact) mass is 254 g/mol. The molecule has 1 atom stereocenters. The summed E-state index contributed by atoms with van der Waals surface area (Å²) in [5.41, 5.74) is 0. The number of rotatable bonds is 6. The second-order valence-electron chi connectivity index (χ2n) is 5.33. The molecule has 2 fully saturated rings. The van der Waals surface area contributed by atoms with Crippen molar-refractivity contribution in [2.24, 2.45) is 0 Å². The Morgan fingerprint density at radius 3 is 2.78 bits per heavy atom. The maximum Gasteiger partial charge on any atom is 0.317 e. The molecular formula is C13H26N4O. The Hall–Kier alpha value is -0.810. The van der Waals surface area contributed by atoms with Gasteiger partial charge in [-0.3, -0.25) is 0 Å². The number of hydrogen-bond donors (Lipinski definition) is 2. The molecule has 0 aliphatic carbocycles. The zero-order chi connectivity index (χ0) is 12.8. The van der Waals surface area contributed by atoms with Crippen molar-refractivity contribution in [3.8, 4) is 0 Å². The van der Waals surface area contributed by atoms with Gasteiger partial charge in [-0.1, -0.05) is 13.3 Å². The molecule has 5 nitrogen and oxygen atoms in total. The highest BCUT2D eigenvalue weighted by atomic mass is 16.2. The lowest BCUT2D eigenvalue weighted by molar-refractivity contribution is 0.204. The van der Waals surface area contributed by atoms with Gasteiger partial charge < -0.3 is 20.4 Å². The van der Waals surface area contributed by atoms with Crippen LogP contribution in [0.3, 0.4) is 0 Å². The van der Waals surface area contributed by atoms with Crippen LogP contribution in [0.5, 0.6) is 0 Å². The highest BCUT2D eigenvalue weighted by Crippen LogP contribution is 2.09. The molecule has 2 amide bonds. The minimum atomic E-state index is 0.133. The topological polar surface area (TPSA) is 47.6 Å². The van der Waals surface area contributed by atoms with Gasteiger partial charge in [-0.25, -0.2) is 4.79 Å². The second kappa shape index (κ2) is 6.95. The Balaban J connectivity index is 1.62. The van der Waals surface area contributed by atoms with E-state index in [2.05, 4.69) is 22.5 Å². The Morgan fingerprint density at radius 2 is 2.06 bits per heavy atom. The number of amides is 2. The van der Waals surface area contributed by atoms with Crippen LogP contribution in [0.25, 0.3) is 0 Å². The van der Waals surface area contributed by atoms with Crippen LogP contribution >= 0.6 is 0 Å². The third kappa shape index (κ3) is 3.85. The number of hydrogen-bond acceptors (Lipinski definition) is 3. The average Bonchev–Trinajstić information content (AvgIpc) is 2.72. The molecule has 2 aliphatic heterocycles. The van der Waals surface area contributed by atoms with Crippen molar-refractivity contribution < 1.29 is 4.79 Å². The van der Waals surface area contributed by atoms with Gasteiger partial charge in [0.05, 0.1) is 0 Å². The predicted molar refractivity (Wildman–Crippen MR) is 72.7 cm³/mol. The van der Waals surface area contributed by atoms with Gasteiger partial charge in [-0.05, 0) is 19.4 Å². The van der Waals surface area contributed by atoms with Crippen LogP contribution in [0.1, 0.15) is 26.2 Å². The van der Waals surface area contributed by atoms with E-state index in [0.29, 0.717) is 6.04 Å². The van der Waals surface area contributed by atoms with Crippen LogP contribution in [0.2, 0.25) is 0 Å². The predicted octanol–water partition coefficient (Wildman–Crippen LogP) is 0.476. The van der Waals surface area contributed by atoms with Crippen molar-refractivity contribution >= 4 is 6.03 Å². The lowest BCUT2D eigenvalue weighted by Gasteiger charge is -2.27. The average molecular weight is 254 g/mol. The maximum absolute atomic E-state index is 11.7. The molecule has 0 aromatic rings. The number of nitrogens with one attached hydrogen (secondary N) is 2. The van der Waals surface area contributed by atoms with E-state index in [0.717, 1.165) is 65.1 Å². The minimum absolute atomic E-state index is 0.133. The SMILES string of the molecule is CCCC1CN(CCCN2CCNCC2)C(=O)N1. The molecule has 2 rings (SSSR count). The first-order chi connectivity index (χ1) is 8.79. The number of piperazine rings is 1. The first-order valence-corrected chi connectivity index (χ1v) is 7.28. The highest BCUT2D eigenvalue weighted by Gasteiger charge is 2.27. The first kappa shape index (κ1) is 13.6. The molecule has 18 heavy (non-hydrogen) atoms. The first-order valence-electron chi connectivity index (χ1n) is 7.28. The van der Waals surface area contributed by atoms with Crippen LogP contribution < -0.4 is 10.6 Å². The Bertz CT molecular complexity index is 266. The number of carbonyl (C=O) groups excluding carboxylic acids is 1. The van der Waals surface area contributed by atoms with Crippen molar-refractivity contribution in [2.75, 3.05) is 45.8 Å². The third-order valence-corrected chi connectivity index (χ3v) is 3.80. The van der Waals surface area contributed by atoms with Gasteiger partial charge in [0.1, 0.15) is 0 Å². The summed E-state index contributed by atoms with van der Waals surface area (Å²) < 4.78 is 0. The van der Waals surface area contributed by atoms with E-state index in [4.69, 9.17) is 0 Å². The second-order valence-corrected chi connectivity index (χ2v) is 5.33. The molecule has 2 heterocycles. The molecule has 0 radical (unpaired) electrons. The maximum atomic E-state index is 11.7. The van der Waals surface area contributed by atoms with Crippen molar-refractivity contribution in [3.63, 3.8) is 0 Å². The van der Waals surface area contributed by atoms with Crippen molar-refractivity contribution in [1.82, 2.24) is 20.4 Å². The van der Waals surface area contributed by atoms with E-state index in [1.807, 2.05) is 4.90 Å². The van der Waals surface area contributed by atoms with Crippen molar-refractivity contribution in [3.05, 3.63) is 0 Å².